The molecule has 1 heterocycles. The second-order valence-corrected chi connectivity index (χ2v) is 8.31. The highest BCUT2D eigenvalue weighted by molar-refractivity contribution is 9.10. The molecule has 3 rings (SSSR count). The molecule has 0 spiro atoms. The van der Waals surface area contributed by atoms with Gasteiger partial charge in [-0.25, -0.2) is 4.90 Å². The first kappa shape index (κ1) is 19.9. The Labute approximate surface area is 175 Å². The van der Waals surface area contributed by atoms with Crippen molar-refractivity contribution in [2.45, 2.75) is 18.6 Å². The van der Waals surface area contributed by atoms with Gasteiger partial charge in [0.25, 0.3) is 0 Å². The molecule has 1 aliphatic heterocycles. The number of halogens is 2. The molecule has 0 bridgehead atoms. The maximum atomic E-state index is 12.8. The molecule has 0 aliphatic carbocycles. The quantitative estimate of drug-likeness (QED) is 0.393. The van der Waals surface area contributed by atoms with Crippen molar-refractivity contribution in [2.24, 2.45) is 4.99 Å². The summed E-state index contributed by atoms with van der Waals surface area (Å²) in [4.78, 5) is 30.9. The van der Waals surface area contributed by atoms with Gasteiger partial charge in [-0.15, -0.1) is 0 Å². The smallest absolute Gasteiger partial charge is 0.247 e. The lowest BCUT2D eigenvalue weighted by atomic mass is 10.3. The minimum atomic E-state index is -0.513. The maximum Gasteiger partial charge on any atom is 0.247 e. The molecule has 8 heteroatoms. The Balaban J connectivity index is 1.74. The van der Waals surface area contributed by atoms with Crippen LogP contribution in [0.15, 0.2) is 58.0 Å². The third-order valence-corrected chi connectivity index (χ3v) is 5.73. The van der Waals surface area contributed by atoms with E-state index in [9.17, 15) is 9.59 Å². The van der Waals surface area contributed by atoms with Gasteiger partial charge in [-0.2, -0.15) is 0 Å². The number of carbonyl (C=O) groups excluding carboxylic acids is 2. The molecule has 0 saturated carbocycles. The topological polar surface area (TPSA) is 61.8 Å². The number of anilines is 2. The highest BCUT2D eigenvalue weighted by Gasteiger charge is 2.40. The Morgan fingerprint density at radius 1 is 1.22 bits per heavy atom. The lowest BCUT2D eigenvalue weighted by Crippen LogP contribution is -2.31. The number of rotatable bonds is 4. The second kappa shape index (κ2) is 8.91. The average Bonchev–Trinajstić information content (AvgIpc) is 2.92. The highest BCUT2D eigenvalue weighted by Crippen LogP contribution is 2.31. The Morgan fingerprint density at radius 3 is 2.52 bits per heavy atom. The number of hydrogen-bond acceptors (Lipinski definition) is 4. The number of amides is 2. The van der Waals surface area contributed by atoms with E-state index in [0.717, 1.165) is 10.2 Å². The zero-order valence-corrected chi connectivity index (χ0v) is 17.6. The van der Waals surface area contributed by atoms with E-state index in [0.29, 0.717) is 22.4 Å². The van der Waals surface area contributed by atoms with Crippen molar-refractivity contribution in [1.29, 1.82) is 0 Å². The standard InChI is InChI=1S/C19H17BrClN3O2S/c1-2-22-19(23-14-7-3-12(20)4-8-14)27-16-11-17(25)24(18(16)26)15-9-5-13(21)6-10-15/h3-10,16H,2,11H2,1H3,(H,22,23)/t16-/m0/s1. The van der Waals surface area contributed by atoms with Gasteiger partial charge in [0, 0.05) is 28.1 Å². The number of hydrogen-bond donors (Lipinski definition) is 1. The summed E-state index contributed by atoms with van der Waals surface area (Å²) in [7, 11) is 0. The molecule has 5 nitrogen and oxygen atoms in total. The van der Waals surface area contributed by atoms with E-state index in [2.05, 4.69) is 26.2 Å². The van der Waals surface area contributed by atoms with Crippen LogP contribution in [-0.4, -0.2) is 28.8 Å². The van der Waals surface area contributed by atoms with Crippen molar-refractivity contribution >= 4 is 67.6 Å². The number of aliphatic imine (C=N–C) groups is 1. The number of imide groups is 1. The SMILES string of the molecule is CCN=C(Nc1ccc(Br)cc1)S[C@H]1CC(=O)N(c2ccc(Cl)cc2)C1=O. The normalized spacial score (nSPS) is 17.5. The first-order chi connectivity index (χ1) is 13.0. The Morgan fingerprint density at radius 2 is 1.89 bits per heavy atom. The highest BCUT2D eigenvalue weighted by atomic mass is 79.9. The van der Waals surface area contributed by atoms with Crippen LogP contribution in [0.3, 0.4) is 0 Å². The molecule has 2 aromatic carbocycles. The number of thioether (sulfide) groups is 1. The summed E-state index contributed by atoms with van der Waals surface area (Å²) in [5.41, 5.74) is 1.40. The van der Waals surface area contributed by atoms with E-state index in [-0.39, 0.29) is 18.2 Å². The fourth-order valence-electron chi connectivity index (χ4n) is 2.60. The Bertz CT molecular complexity index is 872. The van der Waals surface area contributed by atoms with E-state index in [1.807, 2.05) is 31.2 Å². The van der Waals surface area contributed by atoms with Crippen LogP contribution in [0.1, 0.15) is 13.3 Å². The third-order valence-electron chi connectivity index (χ3n) is 3.84. The van der Waals surface area contributed by atoms with Crippen LogP contribution in [0, 0.1) is 0 Å². The third kappa shape index (κ3) is 4.91. The van der Waals surface area contributed by atoms with E-state index in [1.165, 1.54) is 16.7 Å². The molecule has 140 valence electrons. The van der Waals surface area contributed by atoms with Gasteiger partial charge in [-0.3, -0.25) is 14.6 Å². The van der Waals surface area contributed by atoms with Crippen LogP contribution in [0.2, 0.25) is 5.02 Å². The molecular formula is C19H17BrClN3O2S. The van der Waals surface area contributed by atoms with E-state index in [1.54, 1.807) is 24.3 Å². The number of benzene rings is 2. The van der Waals surface area contributed by atoms with Crippen molar-refractivity contribution < 1.29 is 9.59 Å². The summed E-state index contributed by atoms with van der Waals surface area (Å²) in [5, 5.41) is 3.88. The van der Waals surface area contributed by atoms with Crippen molar-refractivity contribution in [3.63, 3.8) is 0 Å². The molecule has 0 unspecified atom stereocenters. The van der Waals surface area contributed by atoms with Gasteiger partial charge >= 0.3 is 0 Å². The van der Waals surface area contributed by atoms with Gasteiger partial charge in [0.05, 0.1) is 5.69 Å². The fraction of sp³-hybridized carbons (Fsp3) is 0.211. The summed E-state index contributed by atoms with van der Waals surface area (Å²) in [5.74, 6) is -0.465. The Kier molecular flexibility index (Phi) is 6.57. The summed E-state index contributed by atoms with van der Waals surface area (Å²) in [6, 6.07) is 14.3. The van der Waals surface area contributed by atoms with Crippen LogP contribution in [-0.2, 0) is 9.59 Å². The molecule has 1 saturated heterocycles. The van der Waals surface area contributed by atoms with E-state index < -0.39 is 5.25 Å². The van der Waals surface area contributed by atoms with Gasteiger partial charge in [0.2, 0.25) is 11.8 Å². The predicted octanol–water partition coefficient (Wildman–Crippen LogP) is 4.96. The zero-order valence-electron chi connectivity index (χ0n) is 14.5. The molecule has 1 atom stereocenters. The van der Waals surface area contributed by atoms with Gasteiger partial charge in [-0.1, -0.05) is 39.3 Å². The summed E-state index contributed by atoms with van der Waals surface area (Å²) in [6.45, 7) is 2.49. The molecule has 2 aromatic rings. The van der Waals surface area contributed by atoms with Gasteiger partial charge in [0.15, 0.2) is 5.17 Å². The largest absolute Gasteiger partial charge is 0.335 e. The molecular weight excluding hydrogens is 450 g/mol. The van der Waals surface area contributed by atoms with Gasteiger partial charge < -0.3 is 5.32 Å². The summed E-state index contributed by atoms with van der Waals surface area (Å²) >= 11 is 10.6. The molecule has 1 aliphatic rings. The number of nitrogens with one attached hydrogen (secondary N) is 1. The number of nitrogens with zero attached hydrogens (tertiary/aromatic N) is 2. The van der Waals surface area contributed by atoms with Crippen LogP contribution in [0.5, 0.6) is 0 Å². The van der Waals surface area contributed by atoms with E-state index in [4.69, 9.17) is 11.6 Å². The minimum absolute atomic E-state index is 0.136. The summed E-state index contributed by atoms with van der Waals surface area (Å²) in [6.07, 6.45) is 0.136. The maximum absolute atomic E-state index is 12.8. The number of carbonyl (C=O) groups is 2. The van der Waals surface area contributed by atoms with Crippen LogP contribution in [0.25, 0.3) is 0 Å². The predicted molar refractivity (Wildman–Crippen MR) is 116 cm³/mol. The Hall–Kier alpha value is -1.83. The summed E-state index contributed by atoms with van der Waals surface area (Å²) < 4.78 is 0.977. The first-order valence-electron chi connectivity index (χ1n) is 8.34. The molecule has 0 aromatic heterocycles. The van der Waals surface area contributed by atoms with Crippen molar-refractivity contribution in [2.75, 3.05) is 16.8 Å². The molecule has 27 heavy (non-hydrogen) atoms. The van der Waals surface area contributed by atoms with E-state index >= 15 is 0 Å². The average molecular weight is 467 g/mol. The lowest BCUT2D eigenvalue weighted by molar-refractivity contribution is -0.121. The van der Waals surface area contributed by atoms with Crippen molar-refractivity contribution in [3.05, 3.63) is 58.0 Å². The first-order valence-corrected chi connectivity index (χ1v) is 10.4. The second-order valence-electron chi connectivity index (χ2n) is 5.77. The molecule has 2 amide bonds. The van der Waals surface area contributed by atoms with Gasteiger partial charge in [-0.05, 0) is 55.5 Å². The monoisotopic (exact) mass is 465 g/mol. The zero-order chi connectivity index (χ0) is 19.4. The van der Waals surface area contributed by atoms with Crippen LogP contribution >= 0.6 is 39.3 Å². The van der Waals surface area contributed by atoms with Crippen molar-refractivity contribution in [3.8, 4) is 0 Å². The molecule has 1 N–H and O–H groups in total. The van der Waals surface area contributed by atoms with Crippen LogP contribution in [0.4, 0.5) is 11.4 Å². The van der Waals surface area contributed by atoms with Crippen molar-refractivity contribution in [1.82, 2.24) is 0 Å². The minimum Gasteiger partial charge on any atom is -0.335 e. The fourth-order valence-corrected chi connectivity index (χ4v) is 4.07. The van der Waals surface area contributed by atoms with Crippen LogP contribution < -0.4 is 10.2 Å². The lowest BCUT2D eigenvalue weighted by Gasteiger charge is -2.16. The molecule has 1 fully saturated rings. The number of amidine groups is 1. The van der Waals surface area contributed by atoms with Gasteiger partial charge in [0.1, 0.15) is 5.25 Å². The molecule has 0 radical (unpaired) electrons.